The molecule has 0 atom stereocenters. The first-order valence-electron chi connectivity index (χ1n) is 8.58. The Labute approximate surface area is 156 Å². The van der Waals surface area contributed by atoms with Crippen LogP contribution in [0.2, 0.25) is 0 Å². The largest absolute Gasteiger partial charge is 0.497 e. The summed E-state index contributed by atoms with van der Waals surface area (Å²) in [6, 6.07) is 15.4. The number of aromatic amines is 1. The third-order valence-electron chi connectivity index (χ3n) is 4.41. The fourth-order valence-corrected chi connectivity index (χ4v) is 2.99. The van der Waals surface area contributed by atoms with E-state index in [1.165, 1.54) is 0 Å². The van der Waals surface area contributed by atoms with Crippen LogP contribution in [0.5, 0.6) is 5.75 Å². The molecule has 2 N–H and O–H groups in total. The van der Waals surface area contributed by atoms with Crippen molar-refractivity contribution < 1.29 is 9.53 Å². The van der Waals surface area contributed by atoms with Gasteiger partial charge < -0.3 is 14.6 Å². The van der Waals surface area contributed by atoms with E-state index in [2.05, 4.69) is 20.5 Å². The van der Waals surface area contributed by atoms with E-state index >= 15 is 0 Å². The van der Waals surface area contributed by atoms with E-state index in [-0.39, 0.29) is 12.5 Å². The van der Waals surface area contributed by atoms with Crippen molar-refractivity contribution in [2.45, 2.75) is 13.1 Å². The molecule has 4 rings (SSSR count). The first kappa shape index (κ1) is 16.8. The van der Waals surface area contributed by atoms with Crippen LogP contribution >= 0.6 is 0 Å². The Kier molecular flexibility index (Phi) is 4.57. The molecule has 2 aromatic heterocycles. The number of methoxy groups -OCH3 is 1. The van der Waals surface area contributed by atoms with Crippen LogP contribution < -0.4 is 10.1 Å². The molecule has 0 fully saturated rings. The summed E-state index contributed by atoms with van der Waals surface area (Å²) in [5.41, 5.74) is 4.60. The summed E-state index contributed by atoms with van der Waals surface area (Å²) < 4.78 is 7.02. The van der Waals surface area contributed by atoms with Crippen molar-refractivity contribution >= 4 is 16.9 Å². The summed E-state index contributed by atoms with van der Waals surface area (Å²) in [5, 5.41) is 10.1. The van der Waals surface area contributed by atoms with Gasteiger partial charge in [0.15, 0.2) is 0 Å². The summed E-state index contributed by atoms with van der Waals surface area (Å²) in [7, 11) is 1.63. The van der Waals surface area contributed by atoms with E-state index in [0.29, 0.717) is 6.54 Å². The summed E-state index contributed by atoms with van der Waals surface area (Å²) in [6.45, 7) is 0.611. The Bertz CT molecular complexity index is 1070. The molecule has 0 saturated carbocycles. The number of nitrogens with one attached hydrogen (secondary N) is 2. The zero-order valence-corrected chi connectivity index (χ0v) is 14.8. The maximum atomic E-state index is 12.4. The topological polar surface area (TPSA) is 84.8 Å². The zero-order valence-electron chi connectivity index (χ0n) is 14.8. The minimum atomic E-state index is -0.0833. The molecule has 2 aromatic carbocycles. The fraction of sp³-hybridized carbons (Fsp3) is 0.150. The van der Waals surface area contributed by atoms with Crippen LogP contribution in [0, 0.1) is 0 Å². The number of aromatic nitrogens is 4. The molecule has 2 heterocycles. The number of amides is 1. The Balaban J connectivity index is 1.43. The van der Waals surface area contributed by atoms with Crippen LogP contribution in [-0.2, 0) is 17.9 Å². The lowest BCUT2D eigenvalue weighted by Gasteiger charge is -2.08. The number of benzene rings is 2. The molecule has 0 saturated heterocycles. The lowest BCUT2D eigenvalue weighted by atomic mass is 10.1. The van der Waals surface area contributed by atoms with Crippen molar-refractivity contribution in [3.63, 3.8) is 0 Å². The molecule has 0 bridgehead atoms. The minimum absolute atomic E-state index is 0.0833. The molecule has 0 aliphatic heterocycles. The van der Waals surface area contributed by atoms with Gasteiger partial charge in [0, 0.05) is 17.7 Å². The number of hydrogen-bond acceptors (Lipinski definition) is 4. The highest BCUT2D eigenvalue weighted by atomic mass is 16.5. The van der Waals surface area contributed by atoms with Crippen molar-refractivity contribution in [1.29, 1.82) is 0 Å². The quantitative estimate of drug-likeness (QED) is 0.553. The van der Waals surface area contributed by atoms with Crippen LogP contribution in [-0.4, -0.2) is 32.8 Å². The van der Waals surface area contributed by atoms with Crippen LogP contribution in [0.1, 0.15) is 5.56 Å². The number of para-hydroxylation sites is 2. The van der Waals surface area contributed by atoms with Gasteiger partial charge >= 0.3 is 0 Å². The molecule has 7 nitrogen and oxygen atoms in total. The van der Waals surface area contributed by atoms with Crippen LogP contribution in [0.4, 0.5) is 0 Å². The normalized spacial score (nSPS) is 10.9. The molecule has 136 valence electrons. The second-order valence-electron chi connectivity index (χ2n) is 6.14. The van der Waals surface area contributed by atoms with Crippen molar-refractivity contribution in [2.75, 3.05) is 7.11 Å². The van der Waals surface area contributed by atoms with Gasteiger partial charge in [0.1, 0.15) is 12.3 Å². The second kappa shape index (κ2) is 7.33. The maximum Gasteiger partial charge on any atom is 0.240 e. The Morgan fingerprint density at radius 1 is 1.19 bits per heavy atom. The molecular weight excluding hydrogens is 342 g/mol. The van der Waals surface area contributed by atoms with E-state index in [9.17, 15) is 4.79 Å². The summed E-state index contributed by atoms with van der Waals surface area (Å²) in [4.78, 5) is 16.7. The average Bonchev–Trinajstić information content (AvgIpc) is 3.34. The van der Waals surface area contributed by atoms with E-state index in [1.807, 2.05) is 53.1 Å². The number of nitrogens with zero attached hydrogens (tertiary/aromatic N) is 3. The monoisotopic (exact) mass is 361 g/mol. The van der Waals surface area contributed by atoms with Crippen molar-refractivity contribution in [3.8, 4) is 17.0 Å². The zero-order chi connectivity index (χ0) is 18.6. The van der Waals surface area contributed by atoms with Gasteiger partial charge in [-0.25, -0.2) is 4.98 Å². The molecule has 0 unspecified atom stereocenters. The van der Waals surface area contributed by atoms with Gasteiger partial charge in [-0.3, -0.25) is 9.89 Å². The fourth-order valence-electron chi connectivity index (χ4n) is 2.99. The highest BCUT2D eigenvalue weighted by Crippen LogP contribution is 2.23. The predicted molar refractivity (Wildman–Crippen MR) is 102 cm³/mol. The number of carbonyl (C=O) groups excluding carboxylic acids is 1. The van der Waals surface area contributed by atoms with Gasteiger partial charge in [-0.05, 0) is 36.4 Å². The molecule has 0 aliphatic carbocycles. The van der Waals surface area contributed by atoms with Gasteiger partial charge in [0.25, 0.3) is 0 Å². The maximum absolute atomic E-state index is 12.4. The molecule has 27 heavy (non-hydrogen) atoms. The predicted octanol–water partition coefficient (Wildman–Crippen LogP) is 2.75. The summed E-state index contributed by atoms with van der Waals surface area (Å²) in [5.74, 6) is 0.709. The molecule has 7 heteroatoms. The third-order valence-corrected chi connectivity index (χ3v) is 4.41. The van der Waals surface area contributed by atoms with Crippen LogP contribution in [0.3, 0.4) is 0 Å². The highest BCUT2D eigenvalue weighted by molar-refractivity contribution is 5.80. The molecule has 4 aromatic rings. The average molecular weight is 361 g/mol. The van der Waals surface area contributed by atoms with Crippen molar-refractivity contribution in [2.24, 2.45) is 0 Å². The van der Waals surface area contributed by atoms with Crippen molar-refractivity contribution in [1.82, 2.24) is 25.1 Å². The van der Waals surface area contributed by atoms with E-state index in [4.69, 9.17) is 4.74 Å². The number of rotatable bonds is 6. The lowest BCUT2D eigenvalue weighted by Crippen LogP contribution is -2.26. The molecule has 0 spiro atoms. The lowest BCUT2D eigenvalue weighted by molar-refractivity contribution is -0.121. The Morgan fingerprint density at radius 3 is 2.81 bits per heavy atom. The SMILES string of the molecule is COc1ccc(-c2[nH]ncc2CNC(=O)Cn2cnc3ccccc32)cc1. The number of H-pyrrole nitrogens is 1. The Hall–Kier alpha value is -3.61. The minimum Gasteiger partial charge on any atom is -0.497 e. The number of carbonyl (C=O) groups is 1. The number of imidazole rings is 1. The molecule has 0 radical (unpaired) electrons. The van der Waals surface area contributed by atoms with E-state index < -0.39 is 0 Å². The highest BCUT2D eigenvalue weighted by Gasteiger charge is 2.11. The first-order valence-corrected chi connectivity index (χ1v) is 8.58. The van der Waals surface area contributed by atoms with Crippen LogP contribution in [0.25, 0.3) is 22.3 Å². The number of hydrogen-bond donors (Lipinski definition) is 2. The standard InChI is InChI=1S/C20H19N5O2/c1-27-16-8-6-14(7-9-16)20-15(11-23-24-20)10-21-19(26)12-25-13-22-17-4-2-3-5-18(17)25/h2-9,11,13H,10,12H2,1H3,(H,21,26)(H,23,24). The molecular formula is C20H19N5O2. The van der Waals surface area contributed by atoms with E-state index in [0.717, 1.165) is 33.6 Å². The van der Waals surface area contributed by atoms with E-state index in [1.54, 1.807) is 19.6 Å². The number of fused-ring (bicyclic) bond motifs is 1. The van der Waals surface area contributed by atoms with Crippen molar-refractivity contribution in [3.05, 3.63) is 66.6 Å². The Morgan fingerprint density at radius 2 is 2.00 bits per heavy atom. The second-order valence-corrected chi connectivity index (χ2v) is 6.14. The number of ether oxygens (including phenoxy) is 1. The molecule has 1 amide bonds. The van der Waals surface area contributed by atoms with Gasteiger partial charge in [-0.1, -0.05) is 12.1 Å². The summed E-state index contributed by atoms with van der Waals surface area (Å²) >= 11 is 0. The van der Waals surface area contributed by atoms with Gasteiger partial charge in [0.2, 0.25) is 5.91 Å². The first-order chi connectivity index (χ1) is 13.2. The van der Waals surface area contributed by atoms with Gasteiger partial charge in [-0.15, -0.1) is 0 Å². The molecule has 0 aliphatic rings. The van der Waals surface area contributed by atoms with Gasteiger partial charge in [0.05, 0.1) is 36.4 Å². The van der Waals surface area contributed by atoms with Gasteiger partial charge in [-0.2, -0.15) is 5.10 Å². The smallest absolute Gasteiger partial charge is 0.240 e. The van der Waals surface area contributed by atoms with Crippen LogP contribution in [0.15, 0.2) is 61.1 Å². The third kappa shape index (κ3) is 3.52. The summed E-state index contributed by atoms with van der Waals surface area (Å²) in [6.07, 6.45) is 3.41.